The molecule has 0 spiro atoms. The van der Waals surface area contributed by atoms with Gasteiger partial charge in [0, 0.05) is 32.0 Å². The highest BCUT2D eigenvalue weighted by Crippen LogP contribution is 2.20. The first-order valence-electron chi connectivity index (χ1n) is 7.69. The molecule has 3 rings (SSSR count). The van der Waals surface area contributed by atoms with E-state index >= 15 is 0 Å². The van der Waals surface area contributed by atoms with Gasteiger partial charge >= 0.3 is 5.97 Å². The lowest BCUT2D eigenvalue weighted by Crippen LogP contribution is -2.44. The fourth-order valence-electron chi connectivity index (χ4n) is 2.95. The minimum atomic E-state index is -0.905. The maximum absolute atomic E-state index is 13.0. The summed E-state index contributed by atoms with van der Waals surface area (Å²) < 4.78 is 7.00. The number of ether oxygens (including phenoxy) is 1. The Balaban J connectivity index is 1.89. The molecule has 7 heteroatoms. The van der Waals surface area contributed by atoms with Crippen molar-refractivity contribution >= 4 is 17.4 Å². The van der Waals surface area contributed by atoms with Crippen molar-refractivity contribution in [3.05, 3.63) is 36.2 Å². The molecule has 1 amide bonds. The van der Waals surface area contributed by atoms with Gasteiger partial charge in [-0.2, -0.15) is 5.10 Å². The number of fused-ring (bicyclic) bond motifs is 1. The SMILES string of the molecule is O=C(O)CCN(C(=O)c1cccn2nccc12)C1CCOCC1. The van der Waals surface area contributed by atoms with Crippen LogP contribution in [-0.2, 0) is 9.53 Å². The lowest BCUT2D eigenvalue weighted by Gasteiger charge is -2.34. The van der Waals surface area contributed by atoms with E-state index in [1.54, 1.807) is 40.0 Å². The molecule has 2 aromatic rings. The quantitative estimate of drug-likeness (QED) is 0.902. The minimum absolute atomic E-state index is 0.0128. The molecule has 0 unspecified atom stereocenters. The van der Waals surface area contributed by atoms with E-state index in [1.807, 2.05) is 0 Å². The molecule has 0 bridgehead atoms. The van der Waals surface area contributed by atoms with E-state index in [-0.39, 0.29) is 24.9 Å². The molecule has 1 aliphatic heterocycles. The van der Waals surface area contributed by atoms with Crippen LogP contribution < -0.4 is 0 Å². The van der Waals surface area contributed by atoms with Crippen molar-refractivity contribution in [3.63, 3.8) is 0 Å². The molecule has 0 radical (unpaired) electrons. The summed E-state index contributed by atoms with van der Waals surface area (Å²) in [5.74, 6) is -1.05. The van der Waals surface area contributed by atoms with Gasteiger partial charge in [-0.3, -0.25) is 9.59 Å². The fraction of sp³-hybridized carbons (Fsp3) is 0.438. The molecule has 7 nitrogen and oxygen atoms in total. The van der Waals surface area contributed by atoms with E-state index < -0.39 is 5.97 Å². The molecule has 1 fully saturated rings. The molecular weight excluding hydrogens is 298 g/mol. The van der Waals surface area contributed by atoms with Crippen LogP contribution in [0.15, 0.2) is 30.6 Å². The van der Waals surface area contributed by atoms with Gasteiger partial charge in [0.05, 0.1) is 23.7 Å². The molecule has 0 aromatic carbocycles. The summed E-state index contributed by atoms with van der Waals surface area (Å²) >= 11 is 0. The van der Waals surface area contributed by atoms with Gasteiger partial charge in [-0.15, -0.1) is 0 Å². The molecule has 1 N–H and O–H groups in total. The predicted molar refractivity (Wildman–Crippen MR) is 82.3 cm³/mol. The average Bonchev–Trinajstić information content (AvgIpc) is 3.04. The number of pyridine rings is 1. The Labute approximate surface area is 133 Å². The maximum Gasteiger partial charge on any atom is 0.305 e. The molecule has 1 aliphatic rings. The van der Waals surface area contributed by atoms with E-state index in [0.29, 0.717) is 18.8 Å². The Morgan fingerprint density at radius 1 is 1.35 bits per heavy atom. The molecule has 2 aromatic heterocycles. The molecule has 3 heterocycles. The van der Waals surface area contributed by atoms with Crippen LogP contribution in [0.1, 0.15) is 29.6 Å². The topological polar surface area (TPSA) is 84.1 Å². The number of aromatic nitrogens is 2. The monoisotopic (exact) mass is 317 g/mol. The number of nitrogens with zero attached hydrogens (tertiary/aromatic N) is 3. The molecule has 0 aliphatic carbocycles. The summed E-state index contributed by atoms with van der Waals surface area (Å²) in [4.78, 5) is 25.6. The molecule has 0 saturated carbocycles. The van der Waals surface area contributed by atoms with Gasteiger partial charge in [-0.1, -0.05) is 0 Å². The number of carbonyl (C=O) groups excluding carboxylic acids is 1. The largest absolute Gasteiger partial charge is 0.481 e. The number of amides is 1. The Kier molecular flexibility index (Phi) is 4.57. The number of aliphatic carboxylic acids is 1. The van der Waals surface area contributed by atoms with Crippen LogP contribution in [0.4, 0.5) is 0 Å². The highest BCUT2D eigenvalue weighted by atomic mass is 16.5. The number of carbonyl (C=O) groups is 2. The van der Waals surface area contributed by atoms with Crippen LogP contribution >= 0.6 is 0 Å². The van der Waals surface area contributed by atoms with Gasteiger partial charge in [0.15, 0.2) is 0 Å². The summed E-state index contributed by atoms with van der Waals surface area (Å²) in [6.07, 6.45) is 4.82. The van der Waals surface area contributed by atoms with Crippen LogP contribution in [0, 0.1) is 0 Å². The summed E-state index contributed by atoms with van der Waals surface area (Å²) in [7, 11) is 0. The Morgan fingerprint density at radius 2 is 2.13 bits per heavy atom. The lowest BCUT2D eigenvalue weighted by molar-refractivity contribution is -0.137. The van der Waals surface area contributed by atoms with Gasteiger partial charge in [-0.25, -0.2) is 4.52 Å². The van der Waals surface area contributed by atoms with Crippen molar-refractivity contribution in [1.82, 2.24) is 14.5 Å². The Hall–Kier alpha value is -2.41. The Bertz CT molecular complexity index is 706. The van der Waals surface area contributed by atoms with Crippen LogP contribution in [-0.4, -0.2) is 57.3 Å². The second kappa shape index (κ2) is 6.78. The smallest absolute Gasteiger partial charge is 0.305 e. The lowest BCUT2D eigenvalue weighted by atomic mass is 10.0. The third-order valence-electron chi connectivity index (χ3n) is 4.13. The van der Waals surface area contributed by atoms with Gasteiger partial charge < -0.3 is 14.7 Å². The zero-order valence-electron chi connectivity index (χ0n) is 12.7. The second-order valence-electron chi connectivity index (χ2n) is 5.57. The van der Waals surface area contributed by atoms with Crippen LogP contribution in [0.5, 0.6) is 0 Å². The zero-order chi connectivity index (χ0) is 16.2. The van der Waals surface area contributed by atoms with Crippen molar-refractivity contribution in [1.29, 1.82) is 0 Å². The first kappa shape index (κ1) is 15.5. The molecule has 23 heavy (non-hydrogen) atoms. The van der Waals surface area contributed by atoms with Gasteiger partial charge in [0.25, 0.3) is 5.91 Å². The van der Waals surface area contributed by atoms with E-state index in [4.69, 9.17) is 9.84 Å². The van der Waals surface area contributed by atoms with E-state index in [2.05, 4.69) is 5.10 Å². The third kappa shape index (κ3) is 3.34. The summed E-state index contributed by atoms with van der Waals surface area (Å²) in [5, 5.41) is 13.1. The van der Waals surface area contributed by atoms with Crippen molar-refractivity contribution in [2.45, 2.75) is 25.3 Å². The molecular formula is C16H19N3O4. The van der Waals surface area contributed by atoms with Crippen molar-refractivity contribution in [2.24, 2.45) is 0 Å². The zero-order valence-corrected chi connectivity index (χ0v) is 12.7. The first-order valence-corrected chi connectivity index (χ1v) is 7.69. The minimum Gasteiger partial charge on any atom is -0.481 e. The third-order valence-corrected chi connectivity index (χ3v) is 4.13. The fourth-order valence-corrected chi connectivity index (χ4v) is 2.95. The number of hydrogen-bond donors (Lipinski definition) is 1. The van der Waals surface area contributed by atoms with E-state index in [0.717, 1.165) is 18.4 Å². The highest BCUT2D eigenvalue weighted by Gasteiger charge is 2.28. The predicted octanol–water partition coefficient (Wildman–Crippen LogP) is 1.43. The van der Waals surface area contributed by atoms with E-state index in [1.165, 1.54) is 0 Å². The van der Waals surface area contributed by atoms with E-state index in [9.17, 15) is 9.59 Å². The maximum atomic E-state index is 13.0. The molecule has 122 valence electrons. The van der Waals surface area contributed by atoms with Crippen LogP contribution in [0.2, 0.25) is 0 Å². The molecule has 0 atom stereocenters. The summed E-state index contributed by atoms with van der Waals surface area (Å²) in [6.45, 7) is 1.39. The Morgan fingerprint density at radius 3 is 2.87 bits per heavy atom. The average molecular weight is 317 g/mol. The van der Waals surface area contributed by atoms with Gasteiger partial charge in [-0.05, 0) is 31.0 Å². The first-order chi connectivity index (χ1) is 11.2. The number of hydrogen-bond acceptors (Lipinski definition) is 4. The van der Waals surface area contributed by atoms with Crippen LogP contribution in [0.3, 0.4) is 0 Å². The number of rotatable bonds is 5. The van der Waals surface area contributed by atoms with Gasteiger partial charge in [0.1, 0.15) is 0 Å². The van der Waals surface area contributed by atoms with Crippen LogP contribution in [0.25, 0.3) is 5.52 Å². The number of carboxylic acid groups (broad SMARTS) is 1. The number of carboxylic acids is 1. The normalized spacial score (nSPS) is 15.7. The standard InChI is InChI=1S/C16H19N3O4/c20-15(21)4-9-18(12-5-10-23-11-6-12)16(22)13-2-1-8-19-14(13)3-7-17-19/h1-3,7-8,12H,4-6,9-11H2,(H,20,21). The second-order valence-corrected chi connectivity index (χ2v) is 5.57. The summed E-state index contributed by atoms with van der Waals surface area (Å²) in [5.41, 5.74) is 1.27. The van der Waals surface area contributed by atoms with Crippen molar-refractivity contribution in [3.8, 4) is 0 Å². The highest BCUT2D eigenvalue weighted by molar-refractivity contribution is 6.01. The van der Waals surface area contributed by atoms with Crippen molar-refractivity contribution in [2.75, 3.05) is 19.8 Å². The van der Waals surface area contributed by atoms with Gasteiger partial charge in [0.2, 0.25) is 0 Å². The molecule has 1 saturated heterocycles. The summed E-state index contributed by atoms with van der Waals surface area (Å²) in [6, 6.07) is 5.32. The van der Waals surface area contributed by atoms with Crippen molar-refractivity contribution < 1.29 is 19.4 Å².